The van der Waals surface area contributed by atoms with E-state index in [0.29, 0.717) is 6.07 Å². The number of benzene rings is 1. The van der Waals surface area contributed by atoms with Crippen LogP contribution in [0.1, 0.15) is 9.67 Å². The van der Waals surface area contributed by atoms with Gasteiger partial charge in [0, 0.05) is 18.2 Å². The molecule has 0 saturated carbocycles. The zero-order valence-corrected chi connectivity index (χ0v) is 9.00. The molecular weight excluding hydrogens is 252 g/mol. The second-order valence-electron chi connectivity index (χ2n) is 3.00. The highest BCUT2D eigenvalue weighted by atomic mass is 32.1. The molecule has 0 atom stereocenters. The molecule has 2 aromatic rings. The van der Waals surface area contributed by atoms with E-state index in [9.17, 15) is 13.6 Å². The maximum Gasteiger partial charge on any atom is 0.347 e. The van der Waals surface area contributed by atoms with Gasteiger partial charge in [0.2, 0.25) is 0 Å². The Labute approximate surface area is 98.1 Å². The average molecular weight is 257 g/mol. The lowest BCUT2D eigenvalue weighted by molar-refractivity contribution is 0.0702. The van der Waals surface area contributed by atoms with E-state index in [0.717, 1.165) is 29.7 Å². The Bertz CT molecular complexity index is 550. The van der Waals surface area contributed by atoms with Crippen molar-refractivity contribution >= 4 is 17.3 Å². The SMILES string of the molecule is O=C(O)c1cnc(Oc2cc(F)cc(F)c2)s1. The summed E-state index contributed by atoms with van der Waals surface area (Å²) in [6.45, 7) is 0. The van der Waals surface area contributed by atoms with Crippen LogP contribution in [0.3, 0.4) is 0 Å². The third-order valence-corrected chi connectivity index (χ3v) is 2.60. The number of nitrogens with zero attached hydrogens (tertiary/aromatic N) is 1. The number of rotatable bonds is 3. The van der Waals surface area contributed by atoms with Gasteiger partial charge < -0.3 is 9.84 Å². The number of carbonyl (C=O) groups is 1. The molecule has 1 aromatic heterocycles. The lowest BCUT2D eigenvalue weighted by Gasteiger charge is -2.01. The molecule has 0 bridgehead atoms. The fourth-order valence-electron chi connectivity index (χ4n) is 1.09. The molecule has 0 amide bonds. The predicted octanol–water partition coefficient (Wildman–Crippen LogP) is 2.91. The normalized spacial score (nSPS) is 10.2. The van der Waals surface area contributed by atoms with Crippen LogP contribution in [-0.4, -0.2) is 16.1 Å². The number of aromatic nitrogens is 1. The molecule has 1 heterocycles. The maximum absolute atomic E-state index is 12.8. The fraction of sp³-hybridized carbons (Fsp3) is 0. The van der Waals surface area contributed by atoms with Crippen molar-refractivity contribution in [2.75, 3.05) is 0 Å². The molecule has 2 rings (SSSR count). The molecule has 1 aromatic carbocycles. The number of aromatic carboxylic acids is 1. The standard InChI is InChI=1S/C10H5F2NO3S/c11-5-1-6(12)3-7(2-5)16-10-13-4-8(17-10)9(14)15/h1-4H,(H,14,15). The third kappa shape index (κ3) is 2.76. The number of thiazole rings is 1. The summed E-state index contributed by atoms with van der Waals surface area (Å²) in [4.78, 5) is 14.2. The van der Waals surface area contributed by atoms with Gasteiger partial charge >= 0.3 is 5.97 Å². The van der Waals surface area contributed by atoms with Gasteiger partial charge in [-0.1, -0.05) is 11.3 Å². The lowest BCUT2D eigenvalue weighted by Crippen LogP contribution is -1.89. The number of halogens is 2. The molecule has 17 heavy (non-hydrogen) atoms. The molecule has 88 valence electrons. The van der Waals surface area contributed by atoms with Gasteiger partial charge in [0.05, 0.1) is 6.20 Å². The molecule has 0 aliphatic rings. The number of ether oxygens (including phenoxy) is 1. The maximum atomic E-state index is 12.8. The van der Waals surface area contributed by atoms with Crippen molar-refractivity contribution < 1.29 is 23.4 Å². The summed E-state index contributed by atoms with van der Waals surface area (Å²) in [7, 11) is 0. The highest BCUT2D eigenvalue weighted by Crippen LogP contribution is 2.27. The third-order valence-electron chi connectivity index (χ3n) is 1.74. The van der Waals surface area contributed by atoms with Gasteiger partial charge in [-0.05, 0) is 0 Å². The summed E-state index contributed by atoms with van der Waals surface area (Å²) >= 11 is 0.770. The quantitative estimate of drug-likeness (QED) is 0.918. The summed E-state index contributed by atoms with van der Waals surface area (Å²) < 4.78 is 30.7. The van der Waals surface area contributed by atoms with E-state index in [1.807, 2.05) is 0 Å². The molecule has 7 heteroatoms. The van der Waals surface area contributed by atoms with Crippen molar-refractivity contribution in [3.05, 3.63) is 40.9 Å². The minimum absolute atomic E-state index is 0.00685. The molecule has 0 aliphatic heterocycles. The highest BCUT2D eigenvalue weighted by Gasteiger charge is 2.11. The van der Waals surface area contributed by atoms with Crippen LogP contribution in [0.5, 0.6) is 10.9 Å². The van der Waals surface area contributed by atoms with Crippen molar-refractivity contribution in [3.63, 3.8) is 0 Å². The van der Waals surface area contributed by atoms with E-state index in [-0.39, 0.29) is 15.8 Å². The van der Waals surface area contributed by atoms with Gasteiger partial charge in [-0.3, -0.25) is 0 Å². The monoisotopic (exact) mass is 257 g/mol. The van der Waals surface area contributed by atoms with Crippen LogP contribution in [0.15, 0.2) is 24.4 Å². The smallest absolute Gasteiger partial charge is 0.347 e. The van der Waals surface area contributed by atoms with E-state index in [1.54, 1.807) is 0 Å². The lowest BCUT2D eigenvalue weighted by atomic mass is 10.3. The van der Waals surface area contributed by atoms with Gasteiger partial charge in [-0.2, -0.15) is 0 Å². The fourth-order valence-corrected chi connectivity index (χ4v) is 1.72. The van der Waals surface area contributed by atoms with Crippen LogP contribution in [0.2, 0.25) is 0 Å². The largest absolute Gasteiger partial charge is 0.477 e. The van der Waals surface area contributed by atoms with E-state index in [1.165, 1.54) is 0 Å². The van der Waals surface area contributed by atoms with Gasteiger partial charge in [-0.25, -0.2) is 18.6 Å². The van der Waals surface area contributed by atoms with Crippen molar-refractivity contribution in [2.24, 2.45) is 0 Å². The molecule has 0 unspecified atom stereocenters. The number of hydrogen-bond acceptors (Lipinski definition) is 4. The molecular formula is C10H5F2NO3S. The first-order valence-corrected chi connectivity index (χ1v) is 5.19. The van der Waals surface area contributed by atoms with Gasteiger partial charge in [-0.15, -0.1) is 0 Å². The van der Waals surface area contributed by atoms with Crippen LogP contribution in [0, 0.1) is 11.6 Å². The number of carboxylic acid groups (broad SMARTS) is 1. The van der Waals surface area contributed by atoms with E-state index >= 15 is 0 Å². The first kappa shape index (κ1) is 11.5. The van der Waals surface area contributed by atoms with Gasteiger partial charge in [0.1, 0.15) is 22.3 Å². The Balaban J connectivity index is 2.22. The molecule has 1 N–H and O–H groups in total. The minimum atomic E-state index is -1.14. The number of hydrogen-bond donors (Lipinski definition) is 1. The summed E-state index contributed by atoms with van der Waals surface area (Å²) in [6.07, 6.45) is 1.11. The van der Waals surface area contributed by atoms with Gasteiger partial charge in [0.15, 0.2) is 0 Å². The topological polar surface area (TPSA) is 59.4 Å². The zero-order valence-electron chi connectivity index (χ0n) is 8.18. The average Bonchev–Trinajstić information content (AvgIpc) is 2.64. The molecule has 0 saturated heterocycles. The Morgan fingerprint density at radius 3 is 2.47 bits per heavy atom. The van der Waals surface area contributed by atoms with Crippen molar-refractivity contribution in [1.82, 2.24) is 4.98 Å². The van der Waals surface area contributed by atoms with E-state index in [2.05, 4.69) is 4.98 Å². The summed E-state index contributed by atoms with van der Waals surface area (Å²) in [6, 6.07) is 2.66. The summed E-state index contributed by atoms with van der Waals surface area (Å²) in [5, 5.41) is 8.65. The predicted molar refractivity (Wildman–Crippen MR) is 55.5 cm³/mol. The number of carboxylic acids is 1. The zero-order chi connectivity index (χ0) is 12.4. The van der Waals surface area contributed by atoms with Crippen molar-refractivity contribution in [2.45, 2.75) is 0 Å². The van der Waals surface area contributed by atoms with Crippen molar-refractivity contribution in [3.8, 4) is 10.9 Å². The molecule has 0 radical (unpaired) electrons. The van der Waals surface area contributed by atoms with Crippen molar-refractivity contribution in [1.29, 1.82) is 0 Å². The van der Waals surface area contributed by atoms with Crippen LogP contribution in [-0.2, 0) is 0 Å². The Kier molecular flexibility index (Phi) is 3.01. The Morgan fingerprint density at radius 2 is 1.94 bits per heavy atom. The van der Waals surface area contributed by atoms with E-state index < -0.39 is 17.6 Å². The second kappa shape index (κ2) is 4.46. The van der Waals surface area contributed by atoms with Crippen LogP contribution < -0.4 is 4.74 Å². The summed E-state index contributed by atoms with van der Waals surface area (Å²) in [5.41, 5.74) is 0. The molecule has 0 fully saturated rings. The minimum Gasteiger partial charge on any atom is -0.477 e. The Morgan fingerprint density at radius 1 is 1.29 bits per heavy atom. The highest BCUT2D eigenvalue weighted by molar-refractivity contribution is 7.15. The molecule has 0 aliphatic carbocycles. The molecule has 0 spiro atoms. The van der Waals surface area contributed by atoms with Crippen LogP contribution in [0.25, 0.3) is 0 Å². The second-order valence-corrected chi connectivity index (χ2v) is 4.00. The van der Waals surface area contributed by atoms with Crippen LogP contribution >= 0.6 is 11.3 Å². The van der Waals surface area contributed by atoms with Crippen LogP contribution in [0.4, 0.5) is 8.78 Å². The Hall–Kier alpha value is -2.02. The first-order chi connectivity index (χ1) is 8.04. The molecule has 4 nitrogen and oxygen atoms in total. The van der Waals surface area contributed by atoms with E-state index in [4.69, 9.17) is 9.84 Å². The van der Waals surface area contributed by atoms with Gasteiger partial charge in [0.25, 0.3) is 5.19 Å². The summed E-state index contributed by atoms with van der Waals surface area (Å²) in [5.74, 6) is -2.78. The first-order valence-electron chi connectivity index (χ1n) is 4.37.